The van der Waals surface area contributed by atoms with Crippen molar-refractivity contribution in [3.63, 3.8) is 0 Å². The molecule has 9 heteroatoms. The Hall–Kier alpha value is -2.58. The zero-order valence-electron chi connectivity index (χ0n) is 21.0. The number of anilines is 1. The molecule has 1 amide bonds. The normalized spacial score (nSPS) is 14.0. The molecule has 0 spiro atoms. The topological polar surface area (TPSA) is 93.1 Å². The van der Waals surface area contributed by atoms with Gasteiger partial charge >= 0.3 is 11.9 Å². The first kappa shape index (κ1) is 28.0. The summed E-state index contributed by atoms with van der Waals surface area (Å²) in [5.74, 6) is -0.851. The smallest absolute Gasteiger partial charge is 0.351 e. The highest BCUT2D eigenvalue weighted by molar-refractivity contribution is 7.18. The van der Waals surface area contributed by atoms with Gasteiger partial charge in [-0.05, 0) is 48.8 Å². The number of aliphatic carboxylic acids is 1. The number of nitrogens with zero attached hydrogens (tertiary/aromatic N) is 1. The number of carbonyl (C=O) groups excluding carboxylic acids is 2. The van der Waals surface area contributed by atoms with Crippen LogP contribution in [0.4, 0.5) is 5.69 Å². The van der Waals surface area contributed by atoms with Gasteiger partial charge in [-0.15, -0.1) is 11.3 Å². The second-order valence-corrected chi connectivity index (χ2v) is 11.0. The van der Waals surface area contributed by atoms with Gasteiger partial charge in [0, 0.05) is 18.7 Å². The highest BCUT2D eigenvalue weighted by Gasteiger charge is 2.27. The molecule has 0 aliphatic heterocycles. The lowest BCUT2D eigenvalue weighted by Crippen LogP contribution is -2.36. The highest BCUT2D eigenvalue weighted by Crippen LogP contribution is 2.46. The van der Waals surface area contributed by atoms with E-state index < -0.39 is 18.5 Å². The number of ether oxygens (including phenoxy) is 2. The first-order valence-corrected chi connectivity index (χ1v) is 13.6. The molecule has 36 heavy (non-hydrogen) atoms. The molecular weight excluding hydrogens is 502 g/mol. The molecule has 1 aliphatic rings. The minimum Gasteiger partial charge on any atom is -0.479 e. The van der Waals surface area contributed by atoms with Crippen LogP contribution in [0, 0.1) is 11.8 Å². The molecule has 1 aromatic carbocycles. The summed E-state index contributed by atoms with van der Waals surface area (Å²) in [6, 6.07) is 7.53. The lowest BCUT2D eigenvalue weighted by Gasteiger charge is -2.30. The van der Waals surface area contributed by atoms with Gasteiger partial charge in [0.2, 0.25) is 5.91 Å². The predicted octanol–water partition coefficient (Wildman–Crippen LogP) is 6.67. The number of halogens is 1. The molecule has 1 heterocycles. The van der Waals surface area contributed by atoms with Crippen molar-refractivity contribution in [1.82, 2.24) is 0 Å². The van der Waals surface area contributed by atoms with E-state index in [0.717, 1.165) is 36.3 Å². The van der Waals surface area contributed by atoms with Crippen LogP contribution in [0.5, 0.6) is 5.75 Å². The van der Waals surface area contributed by atoms with Gasteiger partial charge in [0.25, 0.3) is 0 Å². The van der Waals surface area contributed by atoms with Crippen molar-refractivity contribution in [2.75, 3.05) is 25.2 Å². The number of carboxylic acids is 1. The van der Waals surface area contributed by atoms with Crippen LogP contribution in [0.25, 0.3) is 10.4 Å². The highest BCUT2D eigenvalue weighted by atomic mass is 35.5. The van der Waals surface area contributed by atoms with E-state index in [1.165, 1.54) is 26.4 Å². The van der Waals surface area contributed by atoms with Crippen molar-refractivity contribution in [3.05, 3.63) is 34.2 Å². The quantitative estimate of drug-likeness (QED) is 0.323. The Bertz CT molecular complexity index is 1080. The van der Waals surface area contributed by atoms with E-state index >= 15 is 0 Å². The zero-order valence-corrected chi connectivity index (χ0v) is 22.6. The van der Waals surface area contributed by atoms with Crippen molar-refractivity contribution in [2.24, 2.45) is 11.8 Å². The van der Waals surface area contributed by atoms with Crippen LogP contribution in [0.15, 0.2) is 24.3 Å². The molecule has 0 atom stereocenters. The van der Waals surface area contributed by atoms with Crippen molar-refractivity contribution in [2.45, 2.75) is 58.8 Å². The maximum absolute atomic E-state index is 13.3. The standard InChI is InChI=1S/C27H34ClNO6S/c1-17(2)12-13-21(30)29(15-18-8-5-4-6-9-18)20-11-7-10-19(14-20)25-23(28)24(35-16-22(31)32)26(36-25)27(33)34-3/h7,10-11,14,17-18H,4-6,8-9,12-13,15-16H2,1-3H3,(H,31,32). The minimum atomic E-state index is -1.19. The van der Waals surface area contributed by atoms with Crippen molar-refractivity contribution < 1.29 is 29.0 Å². The summed E-state index contributed by atoms with van der Waals surface area (Å²) in [6.45, 7) is 4.26. The fourth-order valence-electron chi connectivity index (χ4n) is 4.41. The van der Waals surface area contributed by atoms with Crippen molar-refractivity contribution in [1.29, 1.82) is 0 Å². The Kier molecular flexibility index (Phi) is 10.2. The molecule has 0 unspecified atom stereocenters. The van der Waals surface area contributed by atoms with E-state index in [0.29, 0.717) is 35.2 Å². The molecule has 1 aliphatic carbocycles. The fourth-order valence-corrected chi connectivity index (χ4v) is 5.89. The molecule has 1 fully saturated rings. The lowest BCUT2D eigenvalue weighted by atomic mass is 9.88. The minimum absolute atomic E-state index is 0.0107. The van der Waals surface area contributed by atoms with Crippen LogP contribution < -0.4 is 9.64 Å². The van der Waals surface area contributed by atoms with Crippen molar-refractivity contribution in [3.8, 4) is 16.2 Å². The van der Waals surface area contributed by atoms with Crippen LogP contribution in [0.3, 0.4) is 0 Å². The third kappa shape index (κ3) is 7.23. The van der Waals surface area contributed by atoms with E-state index in [9.17, 15) is 14.4 Å². The van der Waals surface area contributed by atoms with Gasteiger partial charge in [0.15, 0.2) is 17.2 Å². The summed E-state index contributed by atoms with van der Waals surface area (Å²) in [4.78, 5) is 39.2. The Morgan fingerprint density at radius 2 is 1.92 bits per heavy atom. The van der Waals surface area contributed by atoms with E-state index in [4.69, 9.17) is 26.2 Å². The summed E-state index contributed by atoms with van der Waals surface area (Å²) in [6.07, 6.45) is 7.18. The summed E-state index contributed by atoms with van der Waals surface area (Å²) in [7, 11) is 1.24. The van der Waals surface area contributed by atoms with Crippen LogP contribution in [-0.2, 0) is 14.3 Å². The fraction of sp³-hybridized carbons (Fsp3) is 0.519. The second-order valence-electron chi connectivity index (χ2n) is 9.57. The van der Waals surface area contributed by atoms with Crippen molar-refractivity contribution >= 4 is 46.5 Å². The first-order valence-electron chi connectivity index (χ1n) is 12.4. The molecule has 2 aromatic rings. The van der Waals surface area contributed by atoms with Crippen LogP contribution in [0.1, 0.15) is 68.5 Å². The number of hydrogen-bond acceptors (Lipinski definition) is 6. The molecule has 7 nitrogen and oxygen atoms in total. The molecule has 1 saturated carbocycles. The molecule has 3 rings (SSSR count). The molecule has 196 valence electrons. The molecular formula is C27H34ClNO6S. The monoisotopic (exact) mass is 535 g/mol. The molecule has 1 aromatic heterocycles. The first-order chi connectivity index (χ1) is 17.2. The van der Waals surface area contributed by atoms with Gasteiger partial charge < -0.3 is 19.5 Å². The molecule has 0 saturated heterocycles. The predicted molar refractivity (Wildman–Crippen MR) is 142 cm³/mol. The number of esters is 1. The maximum atomic E-state index is 13.3. The number of hydrogen-bond donors (Lipinski definition) is 1. The van der Waals surface area contributed by atoms with Gasteiger partial charge in [-0.25, -0.2) is 9.59 Å². The van der Waals surface area contributed by atoms with Gasteiger partial charge in [-0.2, -0.15) is 0 Å². The average Bonchev–Trinajstić information content (AvgIpc) is 3.20. The van der Waals surface area contributed by atoms with Gasteiger partial charge in [0.1, 0.15) is 5.02 Å². The number of rotatable bonds is 11. The Labute approximate surface area is 221 Å². The number of thiophene rings is 1. The number of methoxy groups -OCH3 is 1. The number of carboxylic acid groups (broad SMARTS) is 1. The second kappa shape index (κ2) is 13.1. The van der Waals surface area contributed by atoms with Gasteiger partial charge in [0.05, 0.1) is 12.0 Å². The third-order valence-corrected chi connectivity index (χ3v) is 8.01. The van der Waals surface area contributed by atoms with E-state index in [1.807, 2.05) is 29.2 Å². The SMILES string of the molecule is COC(=O)c1sc(-c2cccc(N(CC3CCCCC3)C(=O)CCC(C)C)c2)c(Cl)c1OCC(=O)O. The summed E-state index contributed by atoms with van der Waals surface area (Å²) < 4.78 is 10.2. The van der Waals surface area contributed by atoms with E-state index in [1.54, 1.807) is 0 Å². The third-order valence-electron chi connectivity index (χ3n) is 6.34. The molecule has 0 bridgehead atoms. The Morgan fingerprint density at radius 1 is 1.19 bits per heavy atom. The van der Waals surface area contributed by atoms with Crippen LogP contribution >= 0.6 is 22.9 Å². The van der Waals surface area contributed by atoms with E-state index in [-0.39, 0.29) is 21.6 Å². The number of benzene rings is 1. The average molecular weight is 536 g/mol. The van der Waals surface area contributed by atoms with Crippen LogP contribution in [0.2, 0.25) is 5.02 Å². The summed E-state index contributed by atoms with van der Waals surface area (Å²) in [5.41, 5.74) is 1.49. The van der Waals surface area contributed by atoms with E-state index in [2.05, 4.69) is 13.8 Å². The molecule has 1 N–H and O–H groups in total. The lowest BCUT2D eigenvalue weighted by molar-refractivity contribution is -0.139. The van der Waals surface area contributed by atoms with Gasteiger partial charge in [-0.1, -0.05) is 56.8 Å². The maximum Gasteiger partial charge on any atom is 0.351 e. The Morgan fingerprint density at radius 3 is 2.56 bits per heavy atom. The largest absolute Gasteiger partial charge is 0.479 e. The summed E-state index contributed by atoms with van der Waals surface area (Å²) >= 11 is 7.66. The summed E-state index contributed by atoms with van der Waals surface area (Å²) in [5, 5.41) is 9.16. The zero-order chi connectivity index (χ0) is 26.2. The Balaban J connectivity index is 1.97. The van der Waals surface area contributed by atoms with Gasteiger partial charge in [-0.3, -0.25) is 4.79 Å². The molecule has 0 radical (unpaired) electrons. The van der Waals surface area contributed by atoms with Crippen LogP contribution in [-0.4, -0.2) is 43.2 Å². The number of amides is 1. The number of carbonyl (C=O) groups is 3.